The van der Waals surface area contributed by atoms with Gasteiger partial charge in [0.2, 0.25) is 5.75 Å². The SMILES string of the molecule is COc1ccc([N+](=O)[O-])c(OCCCCC#N)c1. The molecule has 18 heavy (non-hydrogen) atoms. The Labute approximate surface area is 105 Å². The van der Waals surface area contributed by atoms with Crippen molar-refractivity contribution in [3.8, 4) is 17.6 Å². The predicted molar refractivity (Wildman–Crippen MR) is 64.6 cm³/mol. The van der Waals surface area contributed by atoms with Crippen LogP contribution >= 0.6 is 0 Å². The average Bonchev–Trinajstić information content (AvgIpc) is 2.38. The molecule has 0 aromatic heterocycles. The van der Waals surface area contributed by atoms with Gasteiger partial charge < -0.3 is 9.47 Å². The third-order valence-corrected chi connectivity index (χ3v) is 2.30. The van der Waals surface area contributed by atoms with E-state index in [4.69, 9.17) is 14.7 Å². The van der Waals surface area contributed by atoms with E-state index in [1.807, 2.05) is 6.07 Å². The molecule has 0 heterocycles. The molecule has 0 N–H and O–H groups in total. The first-order valence-electron chi connectivity index (χ1n) is 5.51. The van der Waals surface area contributed by atoms with Crippen LogP contribution < -0.4 is 9.47 Å². The number of unbranched alkanes of at least 4 members (excludes halogenated alkanes) is 2. The molecule has 6 heteroatoms. The average molecular weight is 250 g/mol. The van der Waals surface area contributed by atoms with E-state index in [-0.39, 0.29) is 11.4 Å². The molecule has 0 bridgehead atoms. The molecule has 1 aromatic rings. The van der Waals surface area contributed by atoms with E-state index in [2.05, 4.69) is 0 Å². The molecule has 1 rings (SSSR count). The van der Waals surface area contributed by atoms with Crippen LogP contribution in [0.15, 0.2) is 18.2 Å². The summed E-state index contributed by atoms with van der Waals surface area (Å²) in [5.41, 5.74) is -0.0870. The maximum Gasteiger partial charge on any atom is 0.311 e. The van der Waals surface area contributed by atoms with E-state index in [9.17, 15) is 10.1 Å². The molecule has 0 unspecified atom stereocenters. The summed E-state index contributed by atoms with van der Waals surface area (Å²) in [6, 6.07) is 6.38. The van der Waals surface area contributed by atoms with Crippen LogP contribution in [0.5, 0.6) is 11.5 Å². The van der Waals surface area contributed by atoms with E-state index < -0.39 is 4.92 Å². The van der Waals surface area contributed by atoms with Crippen LogP contribution in [0.25, 0.3) is 0 Å². The lowest BCUT2D eigenvalue weighted by Crippen LogP contribution is -2.01. The molecule has 0 radical (unpaired) electrons. The second-order valence-electron chi connectivity index (χ2n) is 3.55. The summed E-state index contributed by atoms with van der Waals surface area (Å²) in [4.78, 5) is 10.3. The fourth-order valence-corrected chi connectivity index (χ4v) is 1.38. The minimum absolute atomic E-state index is 0.0870. The smallest absolute Gasteiger partial charge is 0.311 e. The van der Waals surface area contributed by atoms with E-state index in [0.717, 1.165) is 0 Å². The van der Waals surface area contributed by atoms with Crippen LogP contribution in [-0.4, -0.2) is 18.6 Å². The van der Waals surface area contributed by atoms with Gasteiger partial charge in [-0.05, 0) is 18.9 Å². The largest absolute Gasteiger partial charge is 0.497 e. The lowest BCUT2D eigenvalue weighted by Gasteiger charge is -2.07. The Kier molecular flexibility index (Phi) is 5.45. The zero-order chi connectivity index (χ0) is 13.4. The molecule has 0 atom stereocenters. The first-order chi connectivity index (χ1) is 8.69. The highest BCUT2D eigenvalue weighted by Gasteiger charge is 2.15. The molecule has 0 spiro atoms. The minimum Gasteiger partial charge on any atom is -0.497 e. The number of ether oxygens (including phenoxy) is 2. The van der Waals surface area contributed by atoms with E-state index >= 15 is 0 Å². The highest BCUT2D eigenvalue weighted by atomic mass is 16.6. The zero-order valence-corrected chi connectivity index (χ0v) is 10.1. The molecule has 0 amide bonds. The summed E-state index contributed by atoms with van der Waals surface area (Å²) in [7, 11) is 1.48. The summed E-state index contributed by atoms with van der Waals surface area (Å²) < 4.78 is 10.3. The van der Waals surface area contributed by atoms with Crippen LogP contribution in [0.2, 0.25) is 0 Å². The molecule has 0 saturated carbocycles. The van der Waals surface area contributed by atoms with Crippen LogP contribution in [0.3, 0.4) is 0 Å². The summed E-state index contributed by atoms with van der Waals surface area (Å²) in [6.45, 7) is 0.343. The van der Waals surface area contributed by atoms with Crippen molar-refractivity contribution in [3.63, 3.8) is 0 Å². The van der Waals surface area contributed by atoms with Crippen LogP contribution in [-0.2, 0) is 0 Å². The van der Waals surface area contributed by atoms with Gasteiger partial charge in [-0.2, -0.15) is 5.26 Å². The van der Waals surface area contributed by atoms with Crippen LogP contribution in [0, 0.1) is 21.4 Å². The second kappa shape index (κ2) is 7.12. The van der Waals surface area contributed by atoms with Gasteiger partial charge >= 0.3 is 5.69 Å². The van der Waals surface area contributed by atoms with Gasteiger partial charge in [0.05, 0.1) is 24.7 Å². The fourth-order valence-electron chi connectivity index (χ4n) is 1.38. The van der Waals surface area contributed by atoms with Gasteiger partial charge in [-0.15, -0.1) is 0 Å². The highest BCUT2D eigenvalue weighted by molar-refractivity contribution is 5.50. The topological polar surface area (TPSA) is 85.4 Å². The van der Waals surface area contributed by atoms with Crippen molar-refractivity contribution < 1.29 is 14.4 Å². The van der Waals surface area contributed by atoms with Gasteiger partial charge in [-0.25, -0.2) is 0 Å². The number of nitro groups is 1. The summed E-state index contributed by atoms with van der Waals surface area (Å²) in [5, 5.41) is 19.2. The number of nitrogens with zero attached hydrogens (tertiary/aromatic N) is 2. The molecule has 6 nitrogen and oxygen atoms in total. The van der Waals surface area contributed by atoms with Crippen molar-refractivity contribution >= 4 is 5.69 Å². The molecular weight excluding hydrogens is 236 g/mol. The fraction of sp³-hybridized carbons (Fsp3) is 0.417. The third-order valence-electron chi connectivity index (χ3n) is 2.30. The van der Waals surface area contributed by atoms with E-state index in [0.29, 0.717) is 31.6 Å². The molecule has 0 aliphatic heterocycles. The van der Waals surface area contributed by atoms with Crippen molar-refractivity contribution in [2.45, 2.75) is 19.3 Å². The lowest BCUT2D eigenvalue weighted by atomic mass is 10.2. The predicted octanol–water partition coefficient (Wildman–Crippen LogP) is 2.68. The van der Waals surface area contributed by atoms with Crippen molar-refractivity contribution in [1.29, 1.82) is 5.26 Å². The van der Waals surface area contributed by atoms with Gasteiger partial charge in [0.25, 0.3) is 0 Å². The van der Waals surface area contributed by atoms with Crippen LogP contribution in [0.4, 0.5) is 5.69 Å². The first-order valence-corrected chi connectivity index (χ1v) is 5.51. The first kappa shape index (κ1) is 13.8. The van der Waals surface area contributed by atoms with Gasteiger partial charge in [0.1, 0.15) is 5.75 Å². The Morgan fingerprint density at radius 1 is 1.44 bits per heavy atom. The quantitative estimate of drug-likeness (QED) is 0.422. The van der Waals surface area contributed by atoms with Crippen molar-refractivity contribution in [2.24, 2.45) is 0 Å². The normalized spacial score (nSPS) is 9.56. The van der Waals surface area contributed by atoms with Crippen molar-refractivity contribution in [2.75, 3.05) is 13.7 Å². The van der Waals surface area contributed by atoms with Gasteiger partial charge in [0.15, 0.2) is 0 Å². The number of nitriles is 1. The highest BCUT2D eigenvalue weighted by Crippen LogP contribution is 2.31. The Bertz CT molecular complexity index is 454. The molecule has 96 valence electrons. The van der Waals surface area contributed by atoms with Gasteiger partial charge in [-0.1, -0.05) is 0 Å². The number of rotatable bonds is 7. The molecular formula is C12H14N2O4. The molecule has 0 aliphatic carbocycles. The molecule has 1 aromatic carbocycles. The number of methoxy groups -OCH3 is 1. The van der Waals surface area contributed by atoms with E-state index in [1.54, 1.807) is 0 Å². The van der Waals surface area contributed by atoms with Gasteiger partial charge in [0, 0.05) is 18.6 Å². The second-order valence-corrected chi connectivity index (χ2v) is 3.55. The Hall–Kier alpha value is -2.29. The van der Waals surface area contributed by atoms with Gasteiger partial charge in [-0.3, -0.25) is 10.1 Å². The molecule has 0 aliphatic rings. The summed E-state index contributed by atoms with van der Waals surface area (Å²) in [6.07, 6.45) is 1.86. The molecule has 0 fully saturated rings. The standard InChI is InChI=1S/C12H14N2O4/c1-17-10-5-6-11(14(15)16)12(9-10)18-8-4-2-3-7-13/h5-6,9H,2-4,8H2,1H3. The summed E-state index contributed by atoms with van der Waals surface area (Å²) >= 11 is 0. The number of benzene rings is 1. The number of hydrogen-bond acceptors (Lipinski definition) is 5. The molecule has 0 saturated heterocycles. The van der Waals surface area contributed by atoms with E-state index in [1.165, 1.54) is 25.3 Å². The number of nitro benzene ring substituents is 1. The minimum atomic E-state index is -0.496. The Balaban J connectivity index is 2.66. The van der Waals surface area contributed by atoms with Crippen LogP contribution in [0.1, 0.15) is 19.3 Å². The summed E-state index contributed by atoms with van der Waals surface area (Å²) in [5.74, 6) is 0.698. The third kappa shape index (κ3) is 3.94. The zero-order valence-electron chi connectivity index (χ0n) is 10.1. The maximum absolute atomic E-state index is 10.8. The Morgan fingerprint density at radius 2 is 2.22 bits per heavy atom. The monoisotopic (exact) mass is 250 g/mol. The van der Waals surface area contributed by atoms with Crippen molar-refractivity contribution in [3.05, 3.63) is 28.3 Å². The van der Waals surface area contributed by atoms with Crippen molar-refractivity contribution in [1.82, 2.24) is 0 Å². The lowest BCUT2D eigenvalue weighted by molar-refractivity contribution is -0.385. The maximum atomic E-state index is 10.8. The Morgan fingerprint density at radius 3 is 2.83 bits per heavy atom. The number of hydrogen-bond donors (Lipinski definition) is 0.